The summed E-state index contributed by atoms with van der Waals surface area (Å²) in [6, 6.07) is 15.5. The number of anilines is 1. The zero-order chi connectivity index (χ0) is 18.1. The molecule has 4 rings (SSSR count). The Morgan fingerprint density at radius 1 is 1.12 bits per heavy atom. The van der Waals surface area contributed by atoms with Gasteiger partial charge in [0.25, 0.3) is 0 Å². The van der Waals surface area contributed by atoms with Crippen molar-refractivity contribution >= 4 is 29.0 Å². The molecule has 0 amide bonds. The number of imidazole rings is 1. The van der Waals surface area contributed by atoms with E-state index in [1.807, 2.05) is 52.9 Å². The molecule has 3 aromatic rings. The molecule has 1 aliphatic heterocycles. The average Bonchev–Trinajstić information content (AvgIpc) is 2.96. The molecule has 0 bridgehead atoms. The van der Waals surface area contributed by atoms with Gasteiger partial charge in [-0.25, -0.2) is 0 Å². The van der Waals surface area contributed by atoms with Crippen molar-refractivity contribution < 1.29 is 9.47 Å². The van der Waals surface area contributed by atoms with Crippen LogP contribution in [-0.4, -0.2) is 23.3 Å². The molecule has 5 nitrogen and oxygen atoms in total. The standard InChI is InChI=1S/C19H17Cl2N3O2/c1-23-12-25-11-17-18(23)22-19(26-16-4-2-3-15(21)9-16)24(17)10-13-5-7-14(20)8-6-13/h2-9H,10-12H2,1H3. The summed E-state index contributed by atoms with van der Waals surface area (Å²) in [6.45, 7) is 1.59. The summed E-state index contributed by atoms with van der Waals surface area (Å²) in [6.07, 6.45) is 0. The first-order chi connectivity index (χ1) is 12.6. The predicted octanol–water partition coefficient (Wildman–Crippen LogP) is 4.95. The smallest absolute Gasteiger partial charge is 0.304 e. The maximum Gasteiger partial charge on any atom is 0.304 e. The molecule has 7 heteroatoms. The number of rotatable bonds is 4. The Kier molecular flexibility index (Phi) is 4.76. The van der Waals surface area contributed by atoms with Gasteiger partial charge in [-0.1, -0.05) is 41.4 Å². The van der Waals surface area contributed by atoms with Crippen molar-refractivity contribution in [2.75, 3.05) is 18.7 Å². The molecule has 0 atom stereocenters. The third-order valence-corrected chi connectivity index (χ3v) is 4.65. The molecular weight excluding hydrogens is 373 g/mol. The maximum absolute atomic E-state index is 6.07. The number of hydrogen-bond donors (Lipinski definition) is 0. The normalized spacial score (nSPS) is 13.6. The van der Waals surface area contributed by atoms with Crippen LogP contribution in [0.15, 0.2) is 48.5 Å². The van der Waals surface area contributed by atoms with Crippen molar-refractivity contribution in [1.82, 2.24) is 9.55 Å². The zero-order valence-electron chi connectivity index (χ0n) is 14.2. The van der Waals surface area contributed by atoms with E-state index in [2.05, 4.69) is 4.98 Å². The molecule has 0 aliphatic carbocycles. The highest BCUT2D eigenvalue weighted by molar-refractivity contribution is 6.30. The van der Waals surface area contributed by atoms with Crippen molar-refractivity contribution in [3.05, 3.63) is 69.8 Å². The molecule has 26 heavy (non-hydrogen) atoms. The number of benzene rings is 2. The molecule has 1 aliphatic rings. The van der Waals surface area contributed by atoms with Crippen LogP contribution in [0.4, 0.5) is 5.82 Å². The summed E-state index contributed by atoms with van der Waals surface area (Å²) in [5.41, 5.74) is 2.07. The van der Waals surface area contributed by atoms with E-state index >= 15 is 0 Å². The minimum absolute atomic E-state index is 0.485. The van der Waals surface area contributed by atoms with Crippen LogP contribution >= 0.6 is 23.2 Å². The fourth-order valence-corrected chi connectivity index (χ4v) is 3.20. The first-order valence-electron chi connectivity index (χ1n) is 8.16. The molecule has 0 N–H and O–H groups in total. The van der Waals surface area contributed by atoms with Gasteiger partial charge in [-0.2, -0.15) is 4.98 Å². The van der Waals surface area contributed by atoms with Crippen LogP contribution in [0.2, 0.25) is 10.0 Å². The van der Waals surface area contributed by atoms with E-state index in [0.29, 0.717) is 41.7 Å². The third kappa shape index (κ3) is 3.51. The van der Waals surface area contributed by atoms with E-state index in [9.17, 15) is 0 Å². The topological polar surface area (TPSA) is 39.5 Å². The molecule has 2 aromatic carbocycles. The van der Waals surface area contributed by atoms with Crippen LogP contribution in [0.25, 0.3) is 0 Å². The predicted molar refractivity (Wildman–Crippen MR) is 102 cm³/mol. The molecule has 0 fully saturated rings. The fourth-order valence-electron chi connectivity index (χ4n) is 2.89. The van der Waals surface area contributed by atoms with Gasteiger partial charge in [0, 0.05) is 17.1 Å². The number of fused-ring (bicyclic) bond motifs is 1. The van der Waals surface area contributed by atoms with Crippen LogP contribution in [0.1, 0.15) is 11.3 Å². The first kappa shape index (κ1) is 17.2. The molecule has 2 heterocycles. The number of ether oxygens (including phenoxy) is 2. The minimum atomic E-state index is 0.485. The Hall–Kier alpha value is -2.21. The molecule has 0 saturated carbocycles. The van der Waals surface area contributed by atoms with Crippen LogP contribution in [0, 0.1) is 0 Å². The van der Waals surface area contributed by atoms with Gasteiger partial charge in [0.15, 0.2) is 5.82 Å². The second-order valence-corrected chi connectivity index (χ2v) is 6.99. The molecule has 0 unspecified atom stereocenters. The van der Waals surface area contributed by atoms with Gasteiger partial charge in [0.2, 0.25) is 0 Å². The Balaban J connectivity index is 1.73. The van der Waals surface area contributed by atoms with Gasteiger partial charge < -0.3 is 14.4 Å². The minimum Gasteiger partial charge on any atom is -0.425 e. The SMILES string of the molecule is CN1COCc2c1nc(Oc1cccc(Cl)c1)n2Cc1ccc(Cl)cc1. The molecule has 0 saturated heterocycles. The molecular formula is C19H17Cl2N3O2. The van der Waals surface area contributed by atoms with E-state index in [-0.39, 0.29) is 0 Å². The van der Waals surface area contributed by atoms with Crippen molar-refractivity contribution in [3.8, 4) is 11.8 Å². The second kappa shape index (κ2) is 7.19. The van der Waals surface area contributed by atoms with Crippen LogP contribution in [-0.2, 0) is 17.9 Å². The quantitative estimate of drug-likeness (QED) is 0.632. The number of hydrogen-bond acceptors (Lipinski definition) is 4. The van der Waals surface area contributed by atoms with Gasteiger partial charge in [0.05, 0.1) is 18.8 Å². The number of aromatic nitrogens is 2. The van der Waals surface area contributed by atoms with Crippen LogP contribution in [0.5, 0.6) is 11.8 Å². The van der Waals surface area contributed by atoms with E-state index in [1.165, 1.54) is 0 Å². The van der Waals surface area contributed by atoms with Crippen molar-refractivity contribution in [2.24, 2.45) is 0 Å². The Morgan fingerprint density at radius 2 is 1.92 bits per heavy atom. The van der Waals surface area contributed by atoms with E-state index < -0.39 is 0 Å². The lowest BCUT2D eigenvalue weighted by atomic mass is 10.2. The molecule has 0 spiro atoms. The highest BCUT2D eigenvalue weighted by Gasteiger charge is 2.25. The highest BCUT2D eigenvalue weighted by atomic mass is 35.5. The summed E-state index contributed by atoms with van der Waals surface area (Å²) in [4.78, 5) is 6.65. The lowest BCUT2D eigenvalue weighted by Gasteiger charge is -2.24. The van der Waals surface area contributed by atoms with Gasteiger partial charge >= 0.3 is 6.01 Å². The highest BCUT2D eigenvalue weighted by Crippen LogP contribution is 2.33. The average molecular weight is 390 g/mol. The third-order valence-electron chi connectivity index (χ3n) is 4.16. The Morgan fingerprint density at radius 3 is 2.69 bits per heavy atom. The van der Waals surface area contributed by atoms with Crippen LogP contribution in [0.3, 0.4) is 0 Å². The van der Waals surface area contributed by atoms with Gasteiger partial charge in [-0.3, -0.25) is 4.57 Å². The summed E-state index contributed by atoms with van der Waals surface area (Å²) >= 11 is 12.1. The van der Waals surface area contributed by atoms with Crippen molar-refractivity contribution in [2.45, 2.75) is 13.2 Å². The summed E-state index contributed by atoms with van der Waals surface area (Å²) in [7, 11) is 1.95. The second-order valence-electron chi connectivity index (χ2n) is 6.11. The Bertz CT molecular complexity index is 925. The largest absolute Gasteiger partial charge is 0.425 e. The zero-order valence-corrected chi connectivity index (χ0v) is 15.7. The van der Waals surface area contributed by atoms with Gasteiger partial charge in [0.1, 0.15) is 12.5 Å². The van der Waals surface area contributed by atoms with Gasteiger partial charge in [-0.05, 0) is 35.9 Å². The summed E-state index contributed by atoms with van der Waals surface area (Å²) < 4.78 is 13.7. The lowest BCUT2D eigenvalue weighted by Crippen LogP contribution is -2.27. The Labute approximate surface area is 161 Å². The molecule has 134 valence electrons. The molecule has 0 radical (unpaired) electrons. The van der Waals surface area contributed by atoms with E-state index in [0.717, 1.165) is 17.1 Å². The van der Waals surface area contributed by atoms with Crippen LogP contribution < -0.4 is 9.64 Å². The molecule has 1 aromatic heterocycles. The number of halogens is 2. The summed E-state index contributed by atoms with van der Waals surface area (Å²) in [5.74, 6) is 1.50. The van der Waals surface area contributed by atoms with E-state index in [4.69, 9.17) is 32.7 Å². The van der Waals surface area contributed by atoms with E-state index in [1.54, 1.807) is 12.1 Å². The number of nitrogens with zero attached hydrogens (tertiary/aromatic N) is 3. The maximum atomic E-state index is 6.07. The van der Waals surface area contributed by atoms with Gasteiger partial charge in [-0.15, -0.1) is 0 Å². The van der Waals surface area contributed by atoms with Crippen molar-refractivity contribution in [3.63, 3.8) is 0 Å². The first-order valence-corrected chi connectivity index (χ1v) is 8.92. The lowest BCUT2D eigenvalue weighted by molar-refractivity contribution is 0.108. The summed E-state index contributed by atoms with van der Waals surface area (Å²) in [5, 5.41) is 1.32. The fraction of sp³-hybridized carbons (Fsp3) is 0.211. The van der Waals surface area contributed by atoms with Crippen molar-refractivity contribution in [1.29, 1.82) is 0 Å². The monoisotopic (exact) mass is 389 g/mol.